The summed E-state index contributed by atoms with van der Waals surface area (Å²) in [6.07, 6.45) is -0.512. The number of carbonyl (C=O) groups excluding carboxylic acids is 1. The second-order valence-electron chi connectivity index (χ2n) is 6.51. The van der Waals surface area contributed by atoms with Gasteiger partial charge in [-0.05, 0) is 50.2 Å². The number of ether oxygens (including phenoxy) is 2. The molecule has 0 saturated carbocycles. The van der Waals surface area contributed by atoms with E-state index in [1.54, 1.807) is 32.9 Å². The fraction of sp³-hybridized carbons (Fsp3) is 0.562. The Morgan fingerprint density at radius 1 is 1.29 bits per heavy atom. The molecule has 1 fully saturated rings. The van der Waals surface area contributed by atoms with Crippen molar-refractivity contribution >= 4 is 17.9 Å². The summed E-state index contributed by atoms with van der Waals surface area (Å²) in [4.78, 5) is 13.4. The number of hydrogen-bond acceptors (Lipinski definition) is 4. The number of thioether (sulfide) groups is 1. The van der Waals surface area contributed by atoms with Crippen molar-refractivity contribution in [2.24, 2.45) is 0 Å². The Morgan fingerprint density at radius 2 is 1.96 bits per heavy atom. The van der Waals surface area contributed by atoms with Gasteiger partial charge >= 0.3 is 11.6 Å². The summed E-state index contributed by atoms with van der Waals surface area (Å²) in [5.74, 6) is 0. The summed E-state index contributed by atoms with van der Waals surface area (Å²) < 4.78 is 48.0. The number of likely N-dealkylation sites (tertiary alicyclic amines) is 1. The monoisotopic (exact) mass is 363 g/mol. The number of rotatable bonds is 4. The van der Waals surface area contributed by atoms with Crippen LogP contribution in [0.1, 0.15) is 26.3 Å². The van der Waals surface area contributed by atoms with E-state index in [2.05, 4.69) is 0 Å². The van der Waals surface area contributed by atoms with E-state index in [0.717, 1.165) is 0 Å². The first-order chi connectivity index (χ1) is 11.0. The first-order valence-corrected chi connectivity index (χ1v) is 8.28. The topological polar surface area (TPSA) is 38.8 Å². The molecule has 1 aromatic carbocycles. The highest BCUT2D eigenvalue weighted by Gasteiger charge is 2.34. The maximum Gasteiger partial charge on any atom is 0.446 e. The van der Waals surface area contributed by atoms with Crippen LogP contribution in [0.25, 0.3) is 0 Å². The Labute approximate surface area is 143 Å². The predicted molar refractivity (Wildman–Crippen MR) is 84.7 cm³/mol. The summed E-state index contributed by atoms with van der Waals surface area (Å²) in [6, 6.07) is 6.16. The third-order valence-electron chi connectivity index (χ3n) is 3.12. The lowest BCUT2D eigenvalue weighted by molar-refractivity contribution is -0.0691. The maximum atomic E-state index is 12.4. The molecule has 8 heteroatoms. The Balaban J connectivity index is 1.76. The zero-order valence-corrected chi connectivity index (χ0v) is 14.5. The number of hydrogen-bond donors (Lipinski definition) is 0. The van der Waals surface area contributed by atoms with Crippen LogP contribution in [0.2, 0.25) is 0 Å². The molecule has 0 bridgehead atoms. The summed E-state index contributed by atoms with van der Waals surface area (Å²) in [5.41, 5.74) is -4.18. The van der Waals surface area contributed by atoms with Crippen LogP contribution in [-0.2, 0) is 16.1 Å². The first kappa shape index (κ1) is 18.9. The highest BCUT2D eigenvalue weighted by Crippen LogP contribution is 2.37. The van der Waals surface area contributed by atoms with E-state index >= 15 is 0 Å². The van der Waals surface area contributed by atoms with Crippen molar-refractivity contribution < 1.29 is 27.4 Å². The zero-order valence-electron chi connectivity index (χ0n) is 13.7. The van der Waals surface area contributed by atoms with Crippen LogP contribution in [0.3, 0.4) is 0 Å². The number of amides is 1. The third kappa shape index (κ3) is 6.24. The molecule has 1 aliphatic heterocycles. The van der Waals surface area contributed by atoms with Gasteiger partial charge in [0.1, 0.15) is 5.60 Å². The smallest absolute Gasteiger partial charge is 0.444 e. The van der Waals surface area contributed by atoms with Gasteiger partial charge in [-0.3, -0.25) is 0 Å². The second-order valence-corrected chi connectivity index (χ2v) is 7.65. The molecular formula is C16H20F3NO3S. The van der Waals surface area contributed by atoms with Gasteiger partial charge in [0.15, 0.2) is 0 Å². The van der Waals surface area contributed by atoms with Crippen molar-refractivity contribution in [3.8, 4) is 0 Å². The molecule has 0 aromatic heterocycles. The molecule has 4 nitrogen and oxygen atoms in total. The number of nitrogens with zero attached hydrogens (tertiary/aromatic N) is 1. The van der Waals surface area contributed by atoms with Gasteiger partial charge in [0.05, 0.1) is 25.8 Å². The lowest BCUT2D eigenvalue weighted by Crippen LogP contribution is -2.55. The molecule has 1 amide bonds. The Morgan fingerprint density at radius 3 is 2.54 bits per heavy atom. The van der Waals surface area contributed by atoms with Crippen LogP contribution in [0.4, 0.5) is 18.0 Å². The molecule has 0 spiro atoms. The normalized spacial score (nSPS) is 16.0. The van der Waals surface area contributed by atoms with Crippen LogP contribution in [0.15, 0.2) is 29.2 Å². The lowest BCUT2D eigenvalue weighted by atomic mass is 10.1. The van der Waals surface area contributed by atoms with Gasteiger partial charge in [0.2, 0.25) is 0 Å². The van der Waals surface area contributed by atoms with Gasteiger partial charge in [-0.1, -0.05) is 12.1 Å². The van der Waals surface area contributed by atoms with Gasteiger partial charge in [0, 0.05) is 4.90 Å². The molecule has 0 unspecified atom stereocenters. The van der Waals surface area contributed by atoms with Crippen molar-refractivity contribution in [3.63, 3.8) is 0 Å². The first-order valence-electron chi connectivity index (χ1n) is 7.46. The molecule has 1 heterocycles. The summed E-state index contributed by atoms with van der Waals surface area (Å²) in [5, 5.41) is 0. The Kier molecular flexibility index (Phi) is 5.70. The van der Waals surface area contributed by atoms with Crippen molar-refractivity contribution in [1.82, 2.24) is 4.90 Å². The Bertz CT molecular complexity index is 581. The molecule has 0 N–H and O–H groups in total. The zero-order chi connectivity index (χ0) is 18.0. The van der Waals surface area contributed by atoms with Crippen LogP contribution in [0, 0.1) is 0 Å². The highest BCUT2D eigenvalue weighted by atomic mass is 32.2. The van der Waals surface area contributed by atoms with Crippen molar-refractivity contribution in [2.45, 2.75) is 49.5 Å². The van der Waals surface area contributed by atoms with Gasteiger partial charge in [0.25, 0.3) is 0 Å². The molecule has 1 aromatic rings. The van der Waals surface area contributed by atoms with Crippen LogP contribution < -0.4 is 0 Å². The van der Waals surface area contributed by atoms with E-state index in [1.165, 1.54) is 17.0 Å². The van der Waals surface area contributed by atoms with Gasteiger partial charge in [-0.15, -0.1) is 0 Å². The van der Waals surface area contributed by atoms with E-state index in [0.29, 0.717) is 18.7 Å². The van der Waals surface area contributed by atoms with Gasteiger partial charge in [-0.25, -0.2) is 4.79 Å². The Hall–Kier alpha value is -1.41. The largest absolute Gasteiger partial charge is 0.446 e. The quantitative estimate of drug-likeness (QED) is 0.742. The molecule has 0 radical (unpaired) electrons. The molecule has 0 atom stereocenters. The van der Waals surface area contributed by atoms with E-state index in [1.807, 2.05) is 0 Å². The molecule has 1 saturated heterocycles. The van der Waals surface area contributed by atoms with Crippen LogP contribution in [-0.4, -0.2) is 41.3 Å². The molecule has 24 heavy (non-hydrogen) atoms. The van der Waals surface area contributed by atoms with E-state index in [9.17, 15) is 18.0 Å². The van der Waals surface area contributed by atoms with Crippen LogP contribution >= 0.6 is 11.8 Å². The van der Waals surface area contributed by atoms with Crippen molar-refractivity contribution in [3.05, 3.63) is 29.8 Å². The summed E-state index contributed by atoms with van der Waals surface area (Å²) in [6.45, 7) is 6.44. The van der Waals surface area contributed by atoms with E-state index in [4.69, 9.17) is 9.47 Å². The molecule has 2 rings (SSSR count). The second kappa shape index (κ2) is 7.23. The minimum Gasteiger partial charge on any atom is -0.444 e. The number of carbonyl (C=O) groups is 1. The number of benzene rings is 1. The fourth-order valence-electron chi connectivity index (χ4n) is 2.07. The molecule has 0 aliphatic carbocycles. The minimum atomic E-state index is -4.30. The predicted octanol–water partition coefficient (Wildman–Crippen LogP) is 4.43. The van der Waals surface area contributed by atoms with Gasteiger partial charge < -0.3 is 14.4 Å². The molecular weight excluding hydrogens is 343 g/mol. The van der Waals surface area contributed by atoms with Crippen molar-refractivity contribution in [2.75, 3.05) is 13.1 Å². The summed E-state index contributed by atoms with van der Waals surface area (Å²) in [7, 11) is 0. The highest BCUT2D eigenvalue weighted by molar-refractivity contribution is 8.00. The average molecular weight is 363 g/mol. The minimum absolute atomic E-state index is 0.128. The van der Waals surface area contributed by atoms with Gasteiger partial charge in [-0.2, -0.15) is 13.2 Å². The number of alkyl halides is 3. The maximum absolute atomic E-state index is 12.4. The molecule has 1 aliphatic rings. The van der Waals surface area contributed by atoms with E-state index in [-0.39, 0.29) is 35.5 Å². The number of halogens is 3. The lowest BCUT2D eigenvalue weighted by Gasteiger charge is -2.39. The standard InChI is InChI=1S/C16H20F3NO3S/c1-15(2,3)23-14(21)20-8-12(9-20)22-10-11-5-4-6-13(7-11)24-16(17,18)19/h4-7,12H,8-10H2,1-3H3. The SMILES string of the molecule is CC(C)(C)OC(=O)N1CC(OCc2cccc(SC(F)(F)F)c2)C1. The van der Waals surface area contributed by atoms with Crippen LogP contribution in [0.5, 0.6) is 0 Å². The third-order valence-corrected chi connectivity index (χ3v) is 3.84. The fourth-order valence-corrected chi connectivity index (χ4v) is 2.69. The average Bonchev–Trinajstić information content (AvgIpc) is 2.32. The summed E-state index contributed by atoms with van der Waals surface area (Å²) >= 11 is -0.147. The van der Waals surface area contributed by atoms with E-state index < -0.39 is 11.1 Å². The molecule has 134 valence electrons. The van der Waals surface area contributed by atoms with Crippen molar-refractivity contribution in [1.29, 1.82) is 0 Å².